The van der Waals surface area contributed by atoms with Crippen LogP contribution < -0.4 is 30.1 Å². The Labute approximate surface area is 565 Å². The minimum absolute atomic E-state index is 0.497. The predicted molar refractivity (Wildman–Crippen MR) is 400 cm³/mol. The standard InChI is InChI=1S/C15H23N.C14H20ClN.C14H15NO.C13H18ClN.C13H19N.C12H16ClN/c1-5-16-10-6-7-13-8-9-14(11(2)3)12(4)15(13)16;1-4-16-9-5-6-11-7-8-12(10(2)3)13(15)14(11)16;1-9(2)11-3-4-12-13-10(6-8-16-12)5-7-15-14(11)13;1-9(2)11-7-6-10-5-4-8-15(3)13(10)12(11)14;1-9(2)12-7-6-11-5-4-8-14-13(11)10(12)3;1-8(2)10-6-5-9-4-3-7-14-12(9)11(10)13/h8-9,11H,5-7,10H2,1-4H3;7-8,10H,4-6,9H2,1-3H3;3-5,7,9H,6,8H2,1-2H3;6-7,9H,4-5,8H2,1-3H3;6-7,9,14H,4-5,8H2,1-3H3;5-6,8,14H,3-4,7H2,1-2H3. The molecular formula is C81H111Cl3N6O. The van der Waals surface area contributed by atoms with Gasteiger partial charge in [-0.15, -0.1) is 0 Å². The number of ether oxygens (including phenoxy) is 1. The van der Waals surface area contributed by atoms with Crippen LogP contribution in [0.5, 0.6) is 5.75 Å². The molecule has 0 unspecified atom stereocenters. The first-order valence-corrected chi connectivity index (χ1v) is 36.1. The van der Waals surface area contributed by atoms with Crippen molar-refractivity contribution < 1.29 is 4.74 Å². The second-order valence-electron chi connectivity index (χ2n) is 27.9. The molecule has 0 atom stereocenters. The van der Waals surface area contributed by atoms with Gasteiger partial charge in [-0.1, -0.05) is 185 Å². The first-order valence-electron chi connectivity index (χ1n) is 35.0. The second-order valence-corrected chi connectivity index (χ2v) is 29.0. The molecule has 2 N–H and O–H groups in total. The molecule has 0 bridgehead atoms. The first-order chi connectivity index (χ1) is 43.6. The maximum absolute atomic E-state index is 6.55. The summed E-state index contributed by atoms with van der Waals surface area (Å²) in [6.07, 6.45) is 15.2. The summed E-state index contributed by atoms with van der Waals surface area (Å²) in [6, 6.07) is 28.9. The van der Waals surface area contributed by atoms with Gasteiger partial charge in [-0.3, -0.25) is 4.98 Å². The van der Waals surface area contributed by atoms with Crippen LogP contribution in [0.3, 0.4) is 0 Å². The smallest absolute Gasteiger partial charge is 0.129 e. The van der Waals surface area contributed by atoms with Crippen molar-refractivity contribution in [3.05, 3.63) is 178 Å². The number of nitrogens with one attached hydrogen (secondary N) is 2. The number of pyridine rings is 1. The predicted octanol–water partition coefficient (Wildman–Crippen LogP) is 22.6. The maximum atomic E-state index is 6.55. The molecule has 0 fully saturated rings. The van der Waals surface area contributed by atoms with Crippen LogP contribution in [0.1, 0.15) is 242 Å². The quantitative estimate of drug-likeness (QED) is 0.157. The summed E-state index contributed by atoms with van der Waals surface area (Å²) < 4.78 is 5.69. The minimum Gasteiger partial charge on any atom is -0.493 e. The molecule has 6 aliphatic rings. The third-order valence-electron chi connectivity index (χ3n) is 19.5. The molecule has 7 aromatic rings. The van der Waals surface area contributed by atoms with Crippen molar-refractivity contribution in [1.29, 1.82) is 0 Å². The van der Waals surface area contributed by atoms with Crippen LogP contribution >= 0.6 is 34.8 Å². The van der Waals surface area contributed by atoms with Gasteiger partial charge >= 0.3 is 0 Å². The zero-order valence-electron chi connectivity index (χ0n) is 58.8. The molecule has 0 amide bonds. The summed E-state index contributed by atoms with van der Waals surface area (Å²) in [7, 11) is 2.13. The van der Waals surface area contributed by atoms with E-state index in [0.717, 1.165) is 91.5 Å². The van der Waals surface area contributed by atoms with E-state index in [-0.39, 0.29) is 0 Å². The van der Waals surface area contributed by atoms with Crippen LogP contribution in [0, 0.1) is 13.8 Å². The van der Waals surface area contributed by atoms with E-state index in [1.807, 2.05) is 6.20 Å². The average Bonchev–Trinajstić information content (AvgIpc) is 1.12. The highest BCUT2D eigenvalue weighted by Crippen LogP contribution is 2.43. The first kappa shape index (κ1) is 71.3. The van der Waals surface area contributed by atoms with E-state index in [1.54, 1.807) is 5.56 Å². The third kappa shape index (κ3) is 16.9. The van der Waals surface area contributed by atoms with Crippen molar-refractivity contribution in [2.75, 3.05) is 84.8 Å². The molecule has 10 heteroatoms. The summed E-state index contributed by atoms with van der Waals surface area (Å²) in [5.41, 5.74) is 27.4. The number of fused-ring (bicyclic) bond motifs is 5. The van der Waals surface area contributed by atoms with E-state index in [9.17, 15) is 0 Å². The number of aromatic nitrogens is 1. The molecule has 0 saturated carbocycles. The molecule has 7 nitrogen and oxygen atoms in total. The van der Waals surface area contributed by atoms with Crippen LogP contribution in [0.25, 0.3) is 10.9 Å². The van der Waals surface area contributed by atoms with Crippen LogP contribution in [0.15, 0.2) is 85.1 Å². The molecule has 0 spiro atoms. The van der Waals surface area contributed by atoms with Crippen LogP contribution in [-0.4, -0.2) is 64.5 Å². The molecule has 6 aliphatic heterocycles. The zero-order valence-corrected chi connectivity index (χ0v) is 61.1. The minimum atomic E-state index is 0.497. The largest absolute Gasteiger partial charge is 0.493 e. The molecule has 0 aliphatic carbocycles. The number of hydrogen-bond acceptors (Lipinski definition) is 7. The highest BCUT2D eigenvalue weighted by atomic mass is 35.5. The van der Waals surface area contributed by atoms with Crippen molar-refractivity contribution in [3.63, 3.8) is 0 Å². The van der Waals surface area contributed by atoms with Crippen molar-refractivity contribution in [2.45, 2.75) is 217 Å². The average molecular weight is 1290 g/mol. The Morgan fingerprint density at radius 1 is 0.429 bits per heavy atom. The summed E-state index contributed by atoms with van der Waals surface area (Å²) in [6.45, 7) is 44.3. The van der Waals surface area contributed by atoms with Crippen molar-refractivity contribution in [2.24, 2.45) is 0 Å². The highest BCUT2D eigenvalue weighted by Gasteiger charge is 2.25. The summed E-state index contributed by atoms with van der Waals surface area (Å²) in [4.78, 5) is 11.8. The van der Waals surface area contributed by atoms with Gasteiger partial charge in [0, 0.05) is 82.2 Å². The van der Waals surface area contributed by atoms with Gasteiger partial charge in [0.1, 0.15) is 5.75 Å². The lowest BCUT2D eigenvalue weighted by atomic mass is 9.90. The molecule has 1 aromatic heterocycles. The molecule has 6 aromatic carbocycles. The van der Waals surface area contributed by atoms with Crippen molar-refractivity contribution in [1.82, 2.24) is 4.98 Å². The Balaban J connectivity index is 0.000000141. The van der Waals surface area contributed by atoms with Gasteiger partial charge in [-0.25, -0.2) is 0 Å². The van der Waals surface area contributed by atoms with E-state index < -0.39 is 0 Å². The molecule has 13 rings (SSSR count). The molecule has 0 radical (unpaired) electrons. The Morgan fingerprint density at radius 3 is 1.38 bits per heavy atom. The summed E-state index contributed by atoms with van der Waals surface area (Å²) >= 11 is 19.4. The van der Waals surface area contributed by atoms with Crippen molar-refractivity contribution in [3.8, 4) is 5.75 Å². The number of benzene rings is 6. The fourth-order valence-corrected chi connectivity index (χ4v) is 16.0. The summed E-state index contributed by atoms with van der Waals surface area (Å²) in [5, 5.41) is 11.0. The topological polar surface area (TPSA) is 55.9 Å². The Hall–Kier alpha value is -5.60. The van der Waals surface area contributed by atoms with Gasteiger partial charge in [0.05, 0.1) is 44.3 Å². The lowest BCUT2D eigenvalue weighted by Gasteiger charge is -2.33. The van der Waals surface area contributed by atoms with E-state index in [1.165, 1.54) is 164 Å². The fraction of sp³-hybridized carbons (Fsp3) is 0.519. The molecule has 0 saturated heterocycles. The monoisotopic (exact) mass is 1290 g/mol. The molecule has 91 heavy (non-hydrogen) atoms. The Morgan fingerprint density at radius 2 is 0.846 bits per heavy atom. The number of hydrogen-bond donors (Lipinski definition) is 2. The molecule has 7 heterocycles. The van der Waals surface area contributed by atoms with E-state index in [0.29, 0.717) is 35.5 Å². The number of halogens is 3. The van der Waals surface area contributed by atoms with Gasteiger partial charge in [0.2, 0.25) is 0 Å². The van der Waals surface area contributed by atoms with Crippen LogP contribution in [0.4, 0.5) is 28.4 Å². The number of aryl methyl sites for hydroxylation is 5. The maximum Gasteiger partial charge on any atom is 0.129 e. The van der Waals surface area contributed by atoms with Gasteiger partial charge in [0.25, 0.3) is 0 Å². The van der Waals surface area contributed by atoms with Crippen LogP contribution in [0.2, 0.25) is 15.1 Å². The number of anilines is 5. The van der Waals surface area contributed by atoms with Gasteiger partial charge in [-0.05, 0) is 217 Å². The van der Waals surface area contributed by atoms with Gasteiger partial charge in [-0.2, -0.15) is 0 Å². The molecule has 492 valence electrons. The van der Waals surface area contributed by atoms with Crippen molar-refractivity contribution >= 4 is 74.1 Å². The normalized spacial score (nSPS) is 15.2. The van der Waals surface area contributed by atoms with E-state index >= 15 is 0 Å². The second kappa shape index (κ2) is 33.0. The third-order valence-corrected chi connectivity index (χ3v) is 20.7. The van der Waals surface area contributed by atoms with Gasteiger partial charge < -0.3 is 30.1 Å². The molecular weight excluding hydrogens is 1180 g/mol. The van der Waals surface area contributed by atoms with E-state index in [4.69, 9.17) is 39.5 Å². The van der Waals surface area contributed by atoms with Crippen LogP contribution in [-0.2, 0) is 38.5 Å². The summed E-state index contributed by atoms with van der Waals surface area (Å²) in [5.74, 6) is 4.25. The SMILES string of the molecule is CC(C)c1ccc2c(c1Cl)N(C)CCC2.CC(C)c1ccc2c(c1Cl)NCCC2.CC(C)c1ccc2c3c(ccnc13)CCO2.CCN1CCCc2ccc(C(C)C)c(C)c21.CCN1CCCc2ccc(C(C)C)c(Cl)c21.Cc1c(C(C)C)ccc2c1NCCC2. The fourth-order valence-electron chi connectivity index (χ4n) is 14.4. The number of rotatable bonds is 8. The number of nitrogens with zero attached hydrogens (tertiary/aromatic N) is 4. The Bertz CT molecular complexity index is 3410. The Kier molecular flexibility index (Phi) is 25.8. The highest BCUT2D eigenvalue weighted by molar-refractivity contribution is 6.35. The van der Waals surface area contributed by atoms with E-state index in [2.05, 4.69) is 227 Å². The zero-order chi connectivity index (χ0) is 65.8. The lowest BCUT2D eigenvalue weighted by molar-refractivity contribution is 0.318. The lowest BCUT2D eigenvalue weighted by Crippen LogP contribution is -2.30. The van der Waals surface area contributed by atoms with Gasteiger partial charge in [0.15, 0.2) is 0 Å².